The van der Waals surface area contributed by atoms with E-state index in [-0.39, 0.29) is 0 Å². The van der Waals surface area contributed by atoms with Crippen molar-refractivity contribution in [3.05, 3.63) is 18.7 Å². The summed E-state index contributed by atoms with van der Waals surface area (Å²) in [4.78, 5) is 7.84. The van der Waals surface area contributed by atoms with Crippen molar-refractivity contribution >= 4 is 18.5 Å². The number of nitrogens with zero attached hydrogens (tertiary/aromatic N) is 3. The Bertz CT molecular complexity index is 260. The van der Waals surface area contributed by atoms with Crippen LogP contribution in [0.1, 0.15) is 0 Å². The maximum Gasteiger partial charge on any atom is 0.236 e. The van der Waals surface area contributed by atoms with E-state index in [4.69, 9.17) is 4.74 Å². The summed E-state index contributed by atoms with van der Waals surface area (Å²) in [5.41, 5.74) is 0. The van der Waals surface area contributed by atoms with Crippen molar-refractivity contribution in [2.75, 3.05) is 0 Å². The van der Waals surface area contributed by atoms with E-state index in [1.54, 1.807) is 29.4 Å². The summed E-state index contributed by atoms with van der Waals surface area (Å²) < 4.78 is 6.57. The average molecular weight is 135 g/mol. The van der Waals surface area contributed by atoms with Crippen LogP contribution in [0.25, 0.3) is 6.20 Å². The third-order valence-electron chi connectivity index (χ3n) is 1.18. The molecule has 0 fully saturated rings. The molecule has 0 amide bonds. The minimum absolute atomic E-state index is 0.633. The Hall–Kier alpha value is -1.58. The molecule has 4 nitrogen and oxygen atoms in total. The lowest BCUT2D eigenvalue weighted by molar-refractivity contribution is 0.499. The molecule has 0 bridgehead atoms. The minimum Gasteiger partial charge on any atom is -0.452 e. The predicted molar refractivity (Wildman–Crippen MR) is 36.8 cm³/mol. The molecular formula is C6H5N3O. The highest BCUT2D eigenvalue weighted by molar-refractivity contribution is 5.56. The third-order valence-corrected chi connectivity index (χ3v) is 1.18. The van der Waals surface area contributed by atoms with Crippen molar-refractivity contribution in [2.24, 2.45) is 4.99 Å². The third kappa shape index (κ3) is 0.699. The molecule has 2 heterocycles. The Balaban J connectivity index is 2.56. The summed E-state index contributed by atoms with van der Waals surface area (Å²) in [6.45, 7) is 0. The molecule has 4 heteroatoms. The van der Waals surface area contributed by atoms with Crippen molar-refractivity contribution in [1.82, 2.24) is 9.55 Å². The lowest BCUT2D eigenvalue weighted by Crippen LogP contribution is -1.79. The standard InChI is InChI=1S/C6H5N3O/c1-2-9-3-4-10-5-8-6(9)7-1/h1-5H. The van der Waals surface area contributed by atoms with Gasteiger partial charge in [-0.2, -0.15) is 4.99 Å². The molecule has 2 rings (SSSR count). The van der Waals surface area contributed by atoms with Crippen molar-refractivity contribution in [3.63, 3.8) is 0 Å². The van der Waals surface area contributed by atoms with Crippen molar-refractivity contribution in [2.45, 2.75) is 0 Å². The second-order valence-corrected chi connectivity index (χ2v) is 1.79. The largest absolute Gasteiger partial charge is 0.452 e. The Kier molecular flexibility index (Phi) is 1.04. The van der Waals surface area contributed by atoms with Crippen LogP contribution in [0.4, 0.5) is 5.95 Å². The van der Waals surface area contributed by atoms with Gasteiger partial charge in [-0.15, -0.1) is 0 Å². The number of rotatable bonds is 0. The number of imidazole rings is 1. The highest BCUT2D eigenvalue weighted by Crippen LogP contribution is 2.09. The molecule has 1 aliphatic rings. The molecule has 0 atom stereocenters. The number of hydrogen-bond acceptors (Lipinski definition) is 3. The van der Waals surface area contributed by atoms with Crippen LogP contribution in [0.15, 0.2) is 23.6 Å². The fourth-order valence-electron chi connectivity index (χ4n) is 0.735. The smallest absolute Gasteiger partial charge is 0.236 e. The molecule has 0 aromatic carbocycles. The van der Waals surface area contributed by atoms with Gasteiger partial charge in [-0.25, -0.2) is 4.98 Å². The first-order chi connectivity index (χ1) is 4.97. The van der Waals surface area contributed by atoms with E-state index in [0.717, 1.165) is 0 Å². The van der Waals surface area contributed by atoms with E-state index in [1.807, 2.05) is 0 Å². The summed E-state index contributed by atoms with van der Waals surface area (Å²) >= 11 is 0. The first-order valence-corrected chi connectivity index (χ1v) is 2.84. The summed E-state index contributed by atoms with van der Waals surface area (Å²) in [5.74, 6) is 0.633. The van der Waals surface area contributed by atoms with Gasteiger partial charge in [-0.3, -0.25) is 4.57 Å². The van der Waals surface area contributed by atoms with E-state index in [2.05, 4.69) is 9.98 Å². The zero-order valence-corrected chi connectivity index (χ0v) is 5.14. The Morgan fingerprint density at radius 1 is 1.50 bits per heavy atom. The van der Waals surface area contributed by atoms with Crippen molar-refractivity contribution in [1.29, 1.82) is 0 Å². The molecule has 0 saturated carbocycles. The van der Waals surface area contributed by atoms with Gasteiger partial charge in [0.15, 0.2) is 6.40 Å². The molecular weight excluding hydrogens is 130 g/mol. The highest BCUT2D eigenvalue weighted by atomic mass is 16.5. The topological polar surface area (TPSA) is 39.4 Å². The molecule has 1 aromatic heterocycles. The summed E-state index contributed by atoms with van der Waals surface area (Å²) in [7, 11) is 0. The number of hydrogen-bond donors (Lipinski definition) is 0. The predicted octanol–water partition coefficient (Wildman–Crippen LogP) is 1.00. The molecule has 1 aliphatic heterocycles. The van der Waals surface area contributed by atoms with E-state index >= 15 is 0 Å². The van der Waals surface area contributed by atoms with E-state index < -0.39 is 0 Å². The summed E-state index contributed by atoms with van der Waals surface area (Å²) in [5, 5.41) is 0. The van der Waals surface area contributed by atoms with Crippen LogP contribution in [0, 0.1) is 0 Å². The van der Waals surface area contributed by atoms with Gasteiger partial charge in [0.05, 0.1) is 0 Å². The van der Waals surface area contributed by atoms with E-state index in [0.29, 0.717) is 5.95 Å². The van der Waals surface area contributed by atoms with Gasteiger partial charge in [-0.1, -0.05) is 0 Å². The van der Waals surface area contributed by atoms with E-state index in [1.165, 1.54) is 6.40 Å². The summed E-state index contributed by atoms with van der Waals surface area (Å²) in [6.07, 6.45) is 8.12. The average Bonchev–Trinajstić information content (AvgIpc) is 2.28. The van der Waals surface area contributed by atoms with Gasteiger partial charge >= 0.3 is 0 Å². The van der Waals surface area contributed by atoms with Crippen LogP contribution < -0.4 is 0 Å². The molecule has 0 aliphatic carbocycles. The van der Waals surface area contributed by atoms with Crippen LogP contribution in [0.3, 0.4) is 0 Å². The van der Waals surface area contributed by atoms with Crippen molar-refractivity contribution < 1.29 is 4.74 Å². The highest BCUT2D eigenvalue weighted by Gasteiger charge is 1.97. The first-order valence-electron chi connectivity index (χ1n) is 2.84. The van der Waals surface area contributed by atoms with Crippen LogP contribution >= 0.6 is 0 Å². The zero-order valence-electron chi connectivity index (χ0n) is 5.14. The van der Waals surface area contributed by atoms with Crippen LogP contribution in [-0.4, -0.2) is 16.0 Å². The Morgan fingerprint density at radius 2 is 2.50 bits per heavy atom. The van der Waals surface area contributed by atoms with Gasteiger partial charge in [0.25, 0.3) is 0 Å². The quantitative estimate of drug-likeness (QED) is 0.532. The Labute approximate surface area is 57.5 Å². The van der Waals surface area contributed by atoms with Crippen molar-refractivity contribution in [3.8, 4) is 0 Å². The molecule has 50 valence electrons. The number of ether oxygens (including phenoxy) is 1. The second kappa shape index (κ2) is 1.98. The van der Waals surface area contributed by atoms with E-state index in [9.17, 15) is 0 Å². The lowest BCUT2D eigenvalue weighted by atomic mass is 10.8. The van der Waals surface area contributed by atoms with Gasteiger partial charge in [-0.05, 0) is 0 Å². The van der Waals surface area contributed by atoms with Gasteiger partial charge < -0.3 is 4.74 Å². The van der Waals surface area contributed by atoms with Crippen LogP contribution in [-0.2, 0) is 4.74 Å². The maximum atomic E-state index is 4.80. The number of fused-ring (bicyclic) bond motifs is 1. The molecule has 10 heavy (non-hydrogen) atoms. The second-order valence-electron chi connectivity index (χ2n) is 1.79. The minimum atomic E-state index is 0.633. The molecule has 0 radical (unpaired) electrons. The maximum absolute atomic E-state index is 4.80. The fraction of sp³-hybridized carbons (Fsp3) is 0. The molecule has 0 spiro atoms. The molecule has 0 saturated heterocycles. The normalized spacial score (nSPS) is 14.0. The zero-order chi connectivity index (χ0) is 6.81. The number of aliphatic imine (C=N–C) groups is 1. The van der Waals surface area contributed by atoms with Gasteiger partial charge in [0, 0.05) is 18.6 Å². The number of aromatic nitrogens is 2. The molecule has 1 aromatic rings. The fourth-order valence-corrected chi connectivity index (χ4v) is 0.735. The van der Waals surface area contributed by atoms with Crippen LogP contribution in [0.2, 0.25) is 0 Å². The summed E-state index contributed by atoms with van der Waals surface area (Å²) in [6, 6.07) is 0. The molecule has 0 N–H and O–H groups in total. The Morgan fingerprint density at radius 3 is 3.50 bits per heavy atom. The van der Waals surface area contributed by atoms with Gasteiger partial charge in [0.1, 0.15) is 6.26 Å². The van der Waals surface area contributed by atoms with Crippen LogP contribution in [0.5, 0.6) is 0 Å². The van der Waals surface area contributed by atoms with Gasteiger partial charge in [0.2, 0.25) is 5.95 Å². The monoisotopic (exact) mass is 135 g/mol. The first kappa shape index (κ1) is 5.22. The SMILES string of the molecule is C1=Cn2ccnc2N=CO1. The lowest BCUT2D eigenvalue weighted by Gasteiger charge is -1.88. The molecule has 0 unspecified atom stereocenters.